The summed E-state index contributed by atoms with van der Waals surface area (Å²) in [6, 6.07) is 4.41. The minimum Gasteiger partial charge on any atom is -0.251 e. The maximum absolute atomic E-state index is 13.5. The lowest BCUT2D eigenvalue weighted by atomic mass is 9.68. The van der Waals surface area contributed by atoms with Gasteiger partial charge in [0.25, 0.3) is 0 Å². The average Bonchev–Trinajstić information content (AvgIpc) is 2.68. The van der Waals surface area contributed by atoms with Gasteiger partial charge < -0.3 is 0 Å². The SMILES string of the molecule is FCCCC=CC1CCC(C2CCC(c3ccc(F)c(F)c3)CC2)CC1. The molecule has 3 heteroatoms. The van der Waals surface area contributed by atoms with E-state index in [4.69, 9.17) is 0 Å². The van der Waals surface area contributed by atoms with E-state index in [0.717, 1.165) is 36.7 Å². The van der Waals surface area contributed by atoms with Crippen molar-refractivity contribution in [2.75, 3.05) is 6.67 Å². The third-order valence-electron chi connectivity index (χ3n) is 6.58. The van der Waals surface area contributed by atoms with Crippen molar-refractivity contribution in [3.05, 3.63) is 47.5 Å². The van der Waals surface area contributed by atoms with Gasteiger partial charge in [0.05, 0.1) is 6.67 Å². The van der Waals surface area contributed by atoms with E-state index in [1.165, 1.54) is 50.7 Å². The first-order chi connectivity index (χ1) is 12.7. The largest absolute Gasteiger partial charge is 0.251 e. The van der Waals surface area contributed by atoms with E-state index >= 15 is 0 Å². The molecule has 2 aliphatic rings. The highest BCUT2D eigenvalue weighted by Gasteiger charge is 2.30. The summed E-state index contributed by atoms with van der Waals surface area (Å²) >= 11 is 0. The van der Waals surface area contributed by atoms with Crippen molar-refractivity contribution >= 4 is 0 Å². The second-order valence-corrected chi connectivity index (χ2v) is 8.22. The normalized spacial score (nSPS) is 30.0. The molecule has 3 rings (SSSR count). The molecule has 2 aliphatic carbocycles. The van der Waals surface area contributed by atoms with Crippen LogP contribution in [0.1, 0.15) is 75.7 Å². The summed E-state index contributed by atoms with van der Waals surface area (Å²) < 4.78 is 38.7. The molecule has 2 fully saturated rings. The van der Waals surface area contributed by atoms with Crippen LogP contribution in [0.5, 0.6) is 0 Å². The Labute approximate surface area is 155 Å². The van der Waals surface area contributed by atoms with E-state index < -0.39 is 11.6 Å². The second kappa shape index (κ2) is 9.62. The molecule has 0 N–H and O–H groups in total. The molecule has 2 saturated carbocycles. The van der Waals surface area contributed by atoms with E-state index in [2.05, 4.69) is 12.2 Å². The van der Waals surface area contributed by atoms with Crippen LogP contribution in [0.15, 0.2) is 30.4 Å². The van der Waals surface area contributed by atoms with Gasteiger partial charge in [-0.3, -0.25) is 4.39 Å². The fourth-order valence-corrected chi connectivity index (χ4v) is 4.98. The van der Waals surface area contributed by atoms with Gasteiger partial charge in [-0.1, -0.05) is 18.2 Å². The van der Waals surface area contributed by atoms with Gasteiger partial charge in [-0.2, -0.15) is 0 Å². The van der Waals surface area contributed by atoms with Crippen molar-refractivity contribution in [1.82, 2.24) is 0 Å². The molecule has 0 aromatic heterocycles. The molecule has 26 heavy (non-hydrogen) atoms. The number of allylic oxidation sites excluding steroid dienone is 2. The summed E-state index contributed by atoms with van der Waals surface area (Å²) in [5.74, 6) is 1.23. The zero-order valence-corrected chi connectivity index (χ0v) is 15.6. The summed E-state index contributed by atoms with van der Waals surface area (Å²) in [5.41, 5.74) is 0.962. The molecule has 0 bridgehead atoms. The molecule has 0 aliphatic heterocycles. The number of rotatable bonds is 6. The van der Waals surface area contributed by atoms with Crippen LogP contribution in [-0.4, -0.2) is 6.67 Å². The Hall–Kier alpha value is -1.25. The third-order valence-corrected chi connectivity index (χ3v) is 6.58. The van der Waals surface area contributed by atoms with Crippen LogP contribution in [0.25, 0.3) is 0 Å². The maximum atomic E-state index is 13.5. The number of halogens is 3. The Morgan fingerprint density at radius 1 is 0.846 bits per heavy atom. The molecule has 0 atom stereocenters. The van der Waals surface area contributed by atoms with Crippen molar-refractivity contribution in [2.45, 2.75) is 70.1 Å². The Bertz CT molecular complexity index is 579. The lowest BCUT2D eigenvalue weighted by Gasteiger charge is -2.37. The van der Waals surface area contributed by atoms with Crippen molar-refractivity contribution in [3.8, 4) is 0 Å². The van der Waals surface area contributed by atoms with Crippen LogP contribution in [0.4, 0.5) is 13.2 Å². The first kappa shape index (κ1) is 19.5. The van der Waals surface area contributed by atoms with Gasteiger partial charge in [0.2, 0.25) is 0 Å². The van der Waals surface area contributed by atoms with Gasteiger partial charge >= 0.3 is 0 Å². The summed E-state index contributed by atoms with van der Waals surface area (Å²) in [5, 5.41) is 0. The van der Waals surface area contributed by atoms with Crippen LogP contribution in [-0.2, 0) is 0 Å². The van der Waals surface area contributed by atoms with Gasteiger partial charge in [0, 0.05) is 0 Å². The zero-order chi connectivity index (χ0) is 18.4. The monoisotopic (exact) mass is 364 g/mol. The fraction of sp³-hybridized carbons (Fsp3) is 0.652. The molecule has 0 amide bonds. The van der Waals surface area contributed by atoms with Gasteiger partial charge in [0.1, 0.15) is 0 Å². The van der Waals surface area contributed by atoms with Crippen molar-refractivity contribution in [2.24, 2.45) is 17.8 Å². The van der Waals surface area contributed by atoms with Gasteiger partial charge in [-0.15, -0.1) is 0 Å². The lowest BCUT2D eigenvalue weighted by molar-refractivity contribution is 0.171. The molecular formula is C23H31F3. The topological polar surface area (TPSA) is 0 Å². The van der Waals surface area contributed by atoms with Crippen LogP contribution < -0.4 is 0 Å². The molecule has 0 spiro atoms. The second-order valence-electron chi connectivity index (χ2n) is 8.22. The molecule has 0 saturated heterocycles. The van der Waals surface area contributed by atoms with E-state index in [1.54, 1.807) is 6.07 Å². The third kappa shape index (κ3) is 5.14. The Balaban J connectivity index is 1.43. The van der Waals surface area contributed by atoms with Gasteiger partial charge in [0.15, 0.2) is 11.6 Å². The first-order valence-electron chi connectivity index (χ1n) is 10.3. The Morgan fingerprint density at radius 2 is 1.50 bits per heavy atom. The predicted molar refractivity (Wildman–Crippen MR) is 101 cm³/mol. The molecule has 0 unspecified atom stereocenters. The summed E-state index contributed by atoms with van der Waals surface area (Å²) in [7, 11) is 0. The summed E-state index contributed by atoms with van der Waals surface area (Å²) in [4.78, 5) is 0. The van der Waals surface area contributed by atoms with Crippen molar-refractivity contribution < 1.29 is 13.2 Å². The number of alkyl halides is 1. The highest BCUT2D eigenvalue weighted by molar-refractivity contribution is 5.22. The van der Waals surface area contributed by atoms with Gasteiger partial charge in [-0.05, 0) is 106 Å². The van der Waals surface area contributed by atoms with E-state index in [0.29, 0.717) is 18.3 Å². The minimum absolute atomic E-state index is 0.218. The van der Waals surface area contributed by atoms with Crippen molar-refractivity contribution in [1.29, 1.82) is 0 Å². The minimum atomic E-state index is -0.752. The number of unbranched alkanes of at least 4 members (excludes halogenated alkanes) is 1. The molecule has 0 radical (unpaired) electrons. The predicted octanol–water partition coefficient (Wildman–Crippen LogP) is 7.35. The summed E-state index contributed by atoms with van der Waals surface area (Å²) in [6.45, 7) is -0.218. The number of hydrogen-bond acceptors (Lipinski definition) is 0. The lowest BCUT2D eigenvalue weighted by Crippen LogP contribution is -2.25. The van der Waals surface area contributed by atoms with E-state index in [-0.39, 0.29) is 6.67 Å². The Kier molecular flexibility index (Phi) is 7.22. The number of hydrogen-bond donors (Lipinski definition) is 0. The van der Waals surface area contributed by atoms with Crippen LogP contribution in [0.3, 0.4) is 0 Å². The summed E-state index contributed by atoms with van der Waals surface area (Å²) in [6.07, 6.45) is 15.7. The molecule has 1 aromatic carbocycles. The van der Waals surface area contributed by atoms with Gasteiger partial charge in [-0.25, -0.2) is 8.78 Å². The van der Waals surface area contributed by atoms with Crippen LogP contribution >= 0.6 is 0 Å². The van der Waals surface area contributed by atoms with E-state index in [9.17, 15) is 13.2 Å². The molecule has 0 heterocycles. The maximum Gasteiger partial charge on any atom is 0.159 e. The highest BCUT2D eigenvalue weighted by Crippen LogP contribution is 2.44. The first-order valence-corrected chi connectivity index (χ1v) is 10.3. The molecule has 144 valence electrons. The zero-order valence-electron chi connectivity index (χ0n) is 15.6. The standard InChI is InChI=1S/C23H31F3/c24-15-3-1-2-4-17-5-7-18(8-6-17)19-9-11-20(12-10-19)21-13-14-22(25)23(26)16-21/h2,4,13-14,16-20H,1,3,5-12,15H2. The quantitative estimate of drug-likeness (QED) is 0.365. The number of benzene rings is 1. The fourth-order valence-electron chi connectivity index (χ4n) is 4.98. The molecule has 0 nitrogen and oxygen atoms in total. The van der Waals surface area contributed by atoms with Crippen LogP contribution in [0, 0.1) is 29.4 Å². The van der Waals surface area contributed by atoms with Crippen molar-refractivity contribution in [3.63, 3.8) is 0 Å². The smallest absolute Gasteiger partial charge is 0.159 e. The average molecular weight is 364 g/mol. The van der Waals surface area contributed by atoms with Crippen LogP contribution in [0.2, 0.25) is 0 Å². The van der Waals surface area contributed by atoms with E-state index in [1.807, 2.05) is 0 Å². The molecule has 1 aromatic rings. The highest BCUT2D eigenvalue weighted by atomic mass is 19.2. The molecular weight excluding hydrogens is 333 g/mol. The Morgan fingerprint density at radius 3 is 2.12 bits per heavy atom.